The van der Waals surface area contributed by atoms with Crippen LogP contribution in [-0.4, -0.2) is 51.2 Å². The van der Waals surface area contributed by atoms with Gasteiger partial charge in [-0.25, -0.2) is 4.98 Å². The third-order valence-electron chi connectivity index (χ3n) is 5.45. The van der Waals surface area contributed by atoms with E-state index in [1.54, 1.807) is 6.20 Å². The van der Waals surface area contributed by atoms with Gasteiger partial charge in [0.2, 0.25) is 11.8 Å². The number of H-pyrrole nitrogens is 1. The molecule has 4 heterocycles. The summed E-state index contributed by atoms with van der Waals surface area (Å²) in [6.45, 7) is 8.62. The predicted molar refractivity (Wildman–Crippen MR) is 139 cm³/mol. The van der Waals surface area contributed by atoms with E-state index in [1.807, 2.05) is 44.2 Å². The topological polar surface area (TPSA) is 101 Å². The molecule has 1 fully saturated rings. The van der Waals surface area contributed by atoms with Crippen molar-refractivity contribution in [3.05, 3.63) is 54.2 Å². The summed E-state index contributed by atoms with van der Waals surface area (Å²) in [6, 6.07) is 14.0. The van der Waals surface area contributed by atoms with Crippen LogP contribution in [0.4, 0.5) is 17.5 Å². The maximum Gasteiger partial charge on any atom is 0.320 e. The predicted octanol–water partition coefficient (Wildman–Crippen LogP) is 5.27. The van der Waals surface area contributed by atoms with Crippen molar-refractivity contribution in [1.29, 1.82) is 0 Å². The van der Waals surface area contributed by atoms with E-state index in [4.69, 9.17) is 14.5 Å². The molecule has 35 heavy (non-hydrogen) atoms. The van der Waals surface area contributed by atoms with E-state index in [2.05, 4.69) is 49.2 Å². The fourth-order valence-corrected chi connectivity index (χ4v) is 3.89. The number of anilines is 3. The molecule has 0 aliphatic carbocycles. The Hall–Kier alpha value is -3.88. The second-order valence-electron chi connectivity index (χ2n) is 8.02. The van der Waals surface area contributed by atoms with Gasteiger partial charge in [0.25, 0.3) is 0 Å². The minimum Gasteiger partial charge on any atom is -0.474 e. The van der Waals surface area contributed by atoms with Crippen LogP contribution in [-0.2, 0) is 0 Å². The van der Waals surface area contributed by atoms with Gasteiger partial charge in [-0.05, 0) is 49.9 Å². The van der Waals surface area contributed by atoms with Gasteiger partial charge < -0.3 is 24.7 Å². The van der Waals surface area contributed by atoms with E-state index in [-0.39, 0.29) is 0 Å². The second kappa shape index (κ2) is 12.0. The molecule has 3 aromatic heterocycles. The molecule has 1 aliphatic heterocycles. The van der Waals surface area contributed by atoms with Crippen molar-refractivity contribution in [3.8, 4) is 11.9 Å². The van der Waals surface area contributed by atoms with Gasteiger partial charge in [0.15, 0.2) is 11.5 Å². The molecule has 1 saturated heterocycles. The third-order valence-corrected chi connectivity index (χ3v) is 5.45. The summed E-state index contributed by atoms with van der Waals surface area (Å²) in [5.74, 6) is 2.01. The van der Waals surface area contributed by atoms with Crippen LogP contribution in [0.15, 0.2) is 48.7 Å². The molecule has 4 aromatic rings. The number of aromatic amines is 1. The Morgan fingerprint density at radius 2 is 1.77 bits per heavy atom. The van der Waals surface area contributed by atoms with Crippen molar-refractivity contribution in [2.24, 2.45) is 0 Å². The van der Waals surface area contributed by atoms with Gasteiger partial charge in [0.1, 0.15) is 18.7 Å². The van der Waals surface area contributed by atoms with Crippen molar-refractivity contribution < 1.29 is 9.47 Å². The highest BCUT2D eigenvalue weighted by Gasteiger charge is 2.20. The van der Waals surface area contributed by atoms with Gasteiger partial charge in [0.05, 0.1) is 0 Å². The number of pyridine rings is 1. The highest BCUT2D eigenvalue weighted by atomic mass is 16.5. The molecule has 0 radical (unpaired) electrons. The molecule has 2 N–H and O–H groups in total. The van der Waals surface area contributed by atoms with E-state index in [0.29, 0.717) is 36.7 Å². The molecular formula is C26H33N7O2. The molecule has 0 amide bonds. The van der Waals surface area contributed by atoms with Crippen LogP contribution in [0.1, 0.15) is 38.7 Å². The van der Waals surface area contributed by atoms with Gasteiger partial charge in [-0.3, -0.25) is 0 Å². The average molecular weight is 476 g/mol. The highest BCUT2D eigenvalue weighted by Crippen LogP contribution is 2.29. The number of aryl methyl sites for hydroxylation is 1. The van der Waals surface area contributed by atoms with Crippen LogP contribution in [0.3, 0.4) is 0 Å². The first-order valence-electron chi connectivity index (χ1n) is 12.3. The maximum atomic E-state index is 5.83. The van der Waals surface area contributed by atoms with E-state index < -0.39 is 0 Å². The number of imidazole rings is 1. The van der Waals surface area contributed by atoms with Gasteiger partial charge in [-0.15, -0.1) is 0 Å². The lowest BCUT2D eigenvalue weighted by atomic mass is 10.1. The van der Waals surface area contributed by atoms with Crippen LogP contribution < -0.4 is 19.7 Å². The van der Waals surface area contributed by atoms with Crippen molar-refractivity contribution in [1.82, 2.24) is 24.9 Å². The number of hydrogen-bond donors (Lipinski definition) is 2. The monoisotopic (exact) mass is 475 g/mol. The summed E-state index contributed by atoms with van der Waals surface area (Å²) in [7, 11) is 0. The van der Waals surface area contributed by atoms with Crippen LogP contribution in [0.5, 0.6) is 11.9 Å². The Bertz CT molecular complexity index is 1210. The molecule has 1 aliphatic rings. The van der Waals surface area contributed by atoms with E-state index in [9.17, 15) is 0 Å². The number of ether oxygens (including phenoxy) is 2. The van der Waals surface area contributed by atoms with Crippen LogP contribution >= 0.6 is 0 Å². The molecule has 0 unspecified atom stereocenters. The minimum atomic E-state index is 0.293. The van der Waals surface area contributed by atoms with Crippen LogP contribution in [0.25, 0.3) is 11.2 Å². The molecule has 184 valence electrons. The summed E-state index contributed by atoms with van der Waals surface area (Å²) in [6.07, 6.45) is 5.21. The Balaban J connectivity index is 0.00000141. The molecule has 0 saturated carbocycles. The van der Waals surface area contributed by atoms with Crippen LogP contribution in [0.2, 0.25) is 0 Å². The molecule has 5 rings (SSSR count). The van der Waals surface area contributed by atoms with Crippen molar-refractivity contribution >= 4 is 28.6 Å². The summed E-state index contributed by atoms with van der Waals surface area (Å²) in [5.41, 5.74) is 3.52. The minimum absolute atomic E-state index is 0.293. The van der Waals surface area contributed by atoms with E-state index in [1.165, 1.54) is 12.0 Å². The second-order valence-corrected chi connectivity index (χ2v) is 8.02. The molecular weight excluding hydrogens is 442 g/mol. The highest BCUT2D eigenvalue weighted by molar-refractivity contribution is 5.86. The molecule has 0 spiro atoms. The number of nitrogens with one attached hydrogen (secondary N) is 2. The number of nitrogens with zero attached hydrogens (tertiary/aromatic N) is 5. The first-order chi connectivity index (χ1) is 17.2. The lowest BCUT2D eigenvalue weighted by molar-refractivity contribution is 0.202. The maximum absolute atomic E-state index is 5.83. The number of aromatic nitrogens is 5. The fraction of sp³-hybridized carbons (Fsp3) is 0.385. The molecule has 0 bridgehead atoms. The van der Waals surface area contributed by atoms with E-state index in [0.717, 1.165) is 43.0 Å². The van der Waals surface area contributed by atoms with Crippen molar-refractivity contribution in [3.63, 3.8) is 0 Å². The summed E-state index contributed by atoms with van der Waals surface area (Å²) in [4.78, 5) is 23.7. The Labute approximate surface area is 206 Å². The fourth-order valence-electron chi connectivity index (χ4n) is 3.89. The Morgan fingerprint density at radius 1 is 0.943 bits per heavy atom. The Morgan fingerprint density at radius 3 is 2.54 bits per heavy atom. The van der Waals surface area contributed by atoms with Gasteiger partial charge >= 0.3 is 6.01 Å². The number of fused-ring (bicyclic) bond motifs is 1. The van der Waals surface area contributed by atoms with Crippen LogP contribution in [0, 0.1) is 6.92 Å². The number of rotatable bonds is 8. The number of piperidine rings is 1. The third kappa shape index (κ3) is 6.38. The summed E-state index contributed by atoms with van der Waals surface area (Å²) < 4.78 is 11.4. The Kier molecular flexibility index (Phi) is 8.32. The lowest BCUT2D eigenvalue weighted by Crippen LogP contribution is -2.30. The molecule has 9 heteroatoms. The first-order valence-corrected chi connectivity index (χ1v) is 12.3. The summed E-state index contributed by atoms with van der Waals surface area (Å²) >= 11 is 0. The SMILES string of the molecule is CC.Cc1cccc(Nc2nc3nc(OCCOc4ccccn4)nc(N4CCCCC4)c3[nH]2)c1. The molecule has 0 atom stereocenters. The lowest BCUT2D eigenvalue weighted by Gasteiger charge is -2.27. The average Bonchev–Trinajstić information content (AvgIpc) is 3.30. The molecule has 9 nitrogen and oxygen atoms in total. The quantitative estimate of drug-likeness (QED) is 0.332. The standard InChI is InChI=1S/C24H27N7O2.C2H6/c1-17-8-7-9-18(16-17)26-23-27-20-21(28-23)29-24(30-22(20)31-12-5-2-6-13-31)33-15-14-32-19-10-3-4-11-25-19;1-2/h3-4,7-11,16H,2,5-6,12-15H2,1H3,(H2,26,27,28,29,30);1-2H3. The summed E-state index contributed by atoms with van der Waals surface area (Å²) in [5, 5.41) is 3.33. The van der Waals surface area contributed by atoms with Gasteiger partial charge in [0, 0.05) is 31.0 Å². The van der Waals surface area contributed by atoms with Crippen molar-refractivity contribution in [2.45, 2.75) is 40.0 Å². The van der Waals surface area contributed by atoms with Gasteiger partial charge in [-0.2, -0.15) is 15.0 Å². The smallest absolute Gasteiger partial charge is 0.320 e. The zero-order chi connectivity index (χ0) is 24.5. The largest absolute Gasteiger partial charge is 0.474 e. The van der Waals surface area contributed by atoms with Gasteiger partial charge in [-0.1, -0.05) is 32.0 Å². The van der Waals surface area contributed by atoms with Crippen molar-refractivity contribution in [2.75, 3.05) is 36.5 Å². The zero-order valence-corrected chi connectivity index (χ0v) is 20.6. The zero-order valence-electron chi connectivity index (χ0n) is 20.6. The number of benzene rings is 1. The van der Waals surface area contributed by atoms with E-state index >= 15 is 0 Å². The normalized spacial score (nSPS) is 13.2. The number of hydrogen-bond acceptors (Lipinski definition) is 8. The first kappa shape index (κ1) is 24.3. The molecule has 1 aromatic carbocycles.